The smallest absolute Gasteiger partial charge is 0.233 e. The molecule has 0 spiro atoms. The Bertz CT molecular complexity index is 241. The normalized spacial score (nSPS) is 29.3. The van der Waals surface area contributed by atoms with Crippen LogP contribution in [-0.4, -0.2) is 38.3 Å². The van der Waals surface area contributed by atoms with E-state index in [1.165, 1.54) is 12.8 Å². The fourth-order valence-corrected chi connectivity index (χ4v) is 2.06. The molecule has 16 heavy (non-hydrogen) atoms. The molecule has 0 bridgehead atoms. The van der Waals surface area contributed by atoms with Crippen LogP contribution in [0.2, 0.25) is 0 Å². The van der Waals surface area contributed by atoms with Crippen molar-refractivity contribution in [3.05, 3.63) is 0 Å². The van der Waals surface area contributed by atoms with Crippen LogP contribution in [0.3, 0.4) is 0 Å². The van der Waals surface area contributed by atoms with Gasteiger partial charge in [0, 0.05) is 19.7 Å². The molecule has 1 saturated heterocycles. The molecule has 0 aromatic heterocycles. The van der Waals surface area contributed by atoms with Gasteiger partial charge in [-0.25, -0.2) is 0 Å². The van der Waals surface area contributed by atoms with Gasteiger partial charge in [0.05, 0.1) is 12.6 Å². The van der Waals surface area contributed by atoms with Crippen molar-refractivity contribution >= 4 is 5.91 Å². The van der Waals surface area contributed by atoms with Gasteiger partial charge in [-0.05, 0) is 38.0 Å². The van der Waals surface area contributed by atoms with Gasteiger partial charge >= 0.3 is 0 Å². The number of nitrogens with one attached hydrogen (secondary N) is 2. The summed E-state index contributed by atoms with van der Waals surface area (Å²) in [7, 11) is 0. The van der Waals surface area contributed by atoms with Crippen molar-refractivity contribution in [2.24, 2.45) is 11.8 Å². The Morgan fingerprint density at radius 2 is 2.12 bits per heavy atom. The number of amides is 1. The molecule has 1 aliphatic heterocycles. The minimum Gasteiger partial charge on any atom is -0.378 e. The summed E-state index contributed by atoms with van der Waals surface area (Å²) in [4.78, 5) is 11.4. The first kappa shape index (κ1) is 11.9. The van der Waals surface area contributed by atoms with Crippen LogP contribution in [0, 0.1) is 11.8 Å². The van der Waals surface area contributed by atoms with E-state index >= 15 is 0 Å². The Balaban J connectivity index is 1.51. The second-order valence-corrected chi connectivity index (χ2v) is 5.00. The molecule has 1 aliphatic carbocycles. The molecule has 0 aromatic rings. The summed E-state index contributed by atoms with van der Waals surface area (Å²) >= 11 is 0. The topological polar surface area (TPSA) is 50.4 Å². The summed E-state index contributed by atoms with van der Waals surface area (Å²) in [5.74, 6) is 1.45. The van der Waals surface area contributed by atoms with Crippen LogP contribution in [0.25, 0.3) is 0 Å². The summed E-state index contributed by atoms with van der Waals surface area (Å²) in [6, 6.07) is 0. The van der Waals surface area contributed by atoms with Gasteiger partial charge in [-0.2, -0.15) is 0 Å². The fraction of sp³-hybridized carbons (Fsp3) is 0.917. The molecule has 4 heteroatoms. The lowest BCUT2D eigenvalue weighted by atomic mass is 10.0. The second-order valence-electron chi connectivity index (χ2n) is 5.00. The maximum Gasteiger partial charge on any atom is 0.233 e. The van der Waals surface area contributed by atoms with Crippen molar-refractivity contribution in [2.75, 3.05) is 26.2 Å². The van der Waals surface area contributed by atoms with E-state index < -0.39 is 0 Å². The van der Waals surface area contributed by atoms with Gasteiger partial charge in [0.25, 0.3) is 0 Å². The molecule has 1 saturated carbocycles. The van der Waals surface area contributed by atoms with E-state index in [0.717, 1.165) is 32.0 Å². The van der Waals surface area contributed by atoms with Gasteiger partial charge in [-0.1, -0.05) is 0 Å². The summed E-state index contributed by atoms with van der Waals surface area (Å²) in [5.41, 5.74) is 0. The third-order valence-corrected chi connectivity index (χ3v) is 3.51. The van der Waals surface area contributed by atoms with Crippen molar-refractivity contribution in [1.82, 2.24) is 10.6 Å². The zero-order valence-electron chi connectivity index (χ0n) is 10.00. The average molecular weight is 226 g/mol. The Hall–Kier alpha value is -0.610. The third-order valence-electron chi connectivity index (χ3n) is 3.51. The van der Waals surface area contributed by atoms with Crippen molar-refractivity contribution < 1.29 is 9.53 Å². The molecule has 1 heterocycles. The van der Waals surface area contributed by atoms with E-state index in [-0.39, 0.29) is 5.91 Å². The van der Waals surface area contributed by atoms with Crippen LogP contribution >= 0.6 is 0 Å². The first-order chi connectivity index (χ1) is 7.75. The molecule has 92 valence electrons. The number of hydrogen-bond acceptors (Lipinski definition) is 3. The number of carbonyl (C=O) groups is 1. The van der Waals surface area contributed by atoms with Gasteiger partial charge in [-0.15, -0.1) is 0 Å². The first-order valence-electron chi connectivity index (χ1n) is 6.34. The zero-order chi connectivity index (χ0) is 11.4. The van der Waals surface area contributed by atoms with Gasteiger partial charge < -0.3 is 15.4 Å². The summed E-state index contributed by atoms with van der Waals surface area (Å²) in [6.07, 6.45) is 4.01. The Morgan fingerprint density at radius 3 is 2.75 bits per heavy atom. The van der Waals surface area contributed by atoms with Gasteiger partial charge in [0.1, 0.15) is 0 Å². The Kier molecular flexibility index (Phi) is 4.18. The predicted molar refractivity (Wildman–Crippen MR) is 62.1 cm³/mol. The molecule has 2 unspecified atom stereocenters. The SMILES string of the molecule is CC1OCCC1CNCC(=O)NCC1CC1. The van der Waals surface area contributed by atoms with Gasteiger partial charge in [0.15, 0.2) is 0 Å². The monoisotopic (exact) mass is 226 g/mol. The highest BCUT2D eigenvalue weighted by atomic mass is 16.5. The minimum absolute atomic E-state index is 0.124. The molecule has 2 aliphatic rings. The summed E-state index contributed by atoms with van der Waals surface area (Å²) in [5, 5.41) is 6.16. The number of ether oxygens (including phenoxy) is 1. The predicted octanol–water partition coefficient (Wildman–Crippen LogP) is 0.527. The third kappa shape index (κ3) is 3.76. The van der Waals surface area contributed by atoms with Crippen LogP contribution < -0.4 is 10.6 Å². The lowest BCUT2D eigenvalue weighted by Gasteiger charge is -2.14. The van der Waals surface area contributed by atoms with Crippen LogP contribution in [0.1, 0.15) is 26.2 Å². The molecular weight excluding hydrogens is 204 g/mol. The van der Waals surface area contributed by atoms with Crippen LogP contribution in [-0.2, 0) is 9.53 Å². The Morgan fingerprint density at radius 1 is 1.31 bits per heavy atom. The maximum atomic E-state index is 11.4. The molecule has 0 radical (unpaired) electrons. The summed E-state index contributed by atoms with van der Waals surface area (Å²) in [6.45, 7) is 5.16. The highest BCUT2D eigenvalue weighted by molar-refractivity contribution is 5.77. The molecule has 1 amide bonds. The van der Waals surface area contributed by atoms with Crippen LogP contribution in [0.15, 0.2) is 0 Å². The molecule has 0 aromatic carbocycles. The van der Waals surface area contributed by atoms with E-state index in [1.807, 2.05) is 0 Å². The fourth-order valence-electron chi connectivity index (χ4n) is 2.06. The number of rotatable bonds is 6. The van der Waals surface area contributed by atoms with E-state index in [2.05, 4.69) is 17.6 Å². The van der Waals surface area contributed by atoms with E-state index in [9.17, 15) is 4.79 Å². The van der Waals surface area contributed by atoms with Crippen molar-refractivity contribution in [2.45, 2.75) is 32.3 Å². The van der Waals surface area contributed by atoms with Crippen molar-refractivity contribution in [3.8, 4) is 0 Å². The largest absolute Gasteiger partial charge is 0.378 e. The second kappa shape index (κ2) is 5.64. The molecule has 2 rings (SSSR count). The van der Waals surface area contributed by atoms with E-state index in [4.69, 9.17) is 4.74 Å². The maximum absolute atomic E-state index is 11.4. The lowest BCUT2D eigenvalue weighted by Crippen LogP contribution is -2.37. The standard InChI is InChI=1S/C12H22N2O2/c1-9-11(4-5-16-9)7-13-8-12(15)14-6-10-2-3-10/h9-11,13H,2-8H2,1H3,(H,14,15). The Labute approximate surface area is 97.1 Å². The molecule has 4 nitrogen and oxygen atoms in total. The van der Waals surface area contributed by atoms with Crippen LogP contribution in [0.5, 0.6) is 0 Å². The first-order valence-corrected chi connectivity index (χ1v) is 6.34. The highest BCUT2D eigenvalue weighted by Crippen LogP contribution is 2.27. The number of carbonyl (C=O) groups excluding carboxylic acids is 1. The van der Waals surface area contributed by atoms with E-state index in [0.29, 0.717) is 18.6 Å². The van der Waals surface area contributed by atoms with Crippen molar-refractivity contribution in [1.29, 1.82) is 0 Å². The average Bonchev–Trinajstić information content (AvgIpc) is 3.01. The minimum atomic E-state index is 0.124. The van der Waals surface area contributed by atoms with Crippen molar-refractivity contribution in [3.63, 3.8) is 0 Å². The van der Waals surface area contributed by atoms with Gasteiger partial charge in [-0.3, -0.25) is 4.79 Å². The quantitative estimate of drug-likeness (QED) is 0.694. The number of hydrogen-bond donors (Lipinski definition) is 2. The molecule has 2 atom stereocenters. The molecule has 2 N–H and O–H groups in total. The van der Waals surface area contributed by atoms with Gasteiger partial charge in [0.2, 0.25) is 5.91 Å². The molecular formula is C12H22N2O2. The highest BCUT2D eigenvalue weighted by Gasteiger charge is 2.24. The van der Waals surface area contributed by atoms with E-state index in [1.54, 1.807) is 0 Å². The summed E-state index contributed by atoms with van der Waals surface area (Å²) < 4.78 is 5.47. The van der Waals surface area contributed by atoms with Crippen LogP contribution in [0.4, 0.5) is 0 Å². The zero-order valence-corrected chi connectivity index (χ0v) is 10.00. The lowest BCUT2D eigenvalue weighted by molar-refractivity contribution is -0.120. The molecule has 2 fully saturated rings.